The topological polar surface area (TPSA) is 21.3 Å². The van der Waals surface area contributed by atoms with Gasteiger partial charge in [-0.3, -0.25) is 0 Å². The molecular weight excluding hydrogens is 205 g/mol. The third-order valence-electron chi connectivity index (χ3n) is 2.31. The van der Waals surface area contributed by atoms with E-state index in [9.17, 15) is 4.39 Å². The molecule has 1 aromatic rings. The van der Waals surface area contributed by atoms with Gasteiger partial charge in [0.15, 0.2) is 11.6 Å². The molecule has 0 aromatic heterocycles. The zero-order valence-electron chi connectivity index (χ0n) is 10.6. The molecule has 0 bridgehead atoms. The highest BCUT2D eigenvalue weighted by atomic mass is 19.1. The van der Waals surface area contributed by atoms with Gasteiger partial charge in [-0.05, 0) is 40.8 Å². The molecule has 16 heavy (non-hydrogen) atoms. The van der Waals surface area contributed by atoms with Crippen LogP contribution in [0.25, 0.3) is 0 Å². The van der Waals surface area contributed by atoms with Crippen molar-refractivity contribution >= 4 is 0 Å². The van der Waals surface area contributed by atoms with Gasteiger partial charge in [-0.25, -0.2) is 4.39 Å². The summed E-state index contributed by atoms with van der Waals surface area (Å²) in [6.07, 6.45) is 0. The van der Waals surface area contributed by atoms with Crippen LogP contribution in [0.4, 0.5) is 4.39 Å². The Morgan fingerprint density at radius 2 is 1.94 bits per heavy atom. The maximum atomic E-state index is 13.7. The average Bonchev–Trinajstić information content (AvgIpc) is 2.18. The first kappa shape index (κ1) is 13.0. The van der Waals surface area contributed by atoms with Gasteiger partial charge in [0.05, 0.1) is 0 Å². The second kappa shape index (κ2) is 4.83. The van der Waals surface area contributed by atoms with Crippen molar-refractivity contribution in [3.63, 3.8) is 0 Å². The van der Waals surface area contributed by atoms with E-state index in [2.05, 4.69) is 5.32 Å². The predicted octanol–water partition coefficient (Wildman–Crippen LogP) is 3.28. The summed E-state index contributed by atoms with van der Waals surface area (Å²) in [6, 6.07) is 5.07. The maximum Gasteiger partial charge on any atom is 0.165 e. The number of halogens is 1. The Balaban J connectivity index is 3.13. The Kier molecular flexibility index (Phi) is 3.92. The van der Waals surface area contributed by atoms with E-state index in [4.69, 9.17) is 4.74 Å². The minimum atomic E-state index is -0.398. The Hall–Kier alpha value is -1.09. The van der Waals surface area contributed by atoms with Crippen molar-refractivity contribution in [2.75, 3.05) is 7.05 Å². The van der Waals surface area contributed by atoms with Crippen LogP contribution in [0.3, 0.4) is 0 Å². The highest BCUT2D eigenvalue weighted by Crippen LogP contribution is 2.30. The molecule has 0 fully saturated rings. The molecule has 0 saturated heterocycles. The quantitative estimate of drug-likeness (QED) is 0.852. The van der Waals surface area contributed by atoms with Crippen LogP contribution in [0.15, 0.2) is 18.2 Å². The van der Waals surface area contributed by atoms with Gasteiger partial charge in [-0.15, -0.1) is 0 Å². The zero-order chi connectivity index (χ0) is 12.3. The van der Waals surface area contributed by atoms with Crippen LogP contribution >= 0.6 is 0 Å². The van der Waals surface area contributed by atoms with E-state index in [1.54, 1.807) is 6.07 Å². The molecule has 0 saturated carbocycles. The number of nitrogens with one attached hydrogen (secondary N) is 1. The summed E-state index contributed by atoms with van der Waals surface area (Å²) in [5, 5.41) is 3.09. The molecule has 1 atom stereocenters. The fourth-order valence-corrected chi connectivity index (χ4v) is 1.44. The van der Waals surface area contributed by atoms with Crippen LogP contribution in [0.2, 0.25) is 0 Å². The molecule has 0 radical (unpaired) electrons. The van der Waals surface area contributed by atoms with Crippen molar-refractivity contribution in [1.82, 2.24) is 5.32 Å². The van der Waals surface area contributed by atoms with Crippen LogP contribution in [0.1, 0.15) is 39.3 Å². The summed E-state index contributed by atoms with van der Waals surface area (Å²) < 4.78 is 19.4. The summed E-state index contributed by atoms with van der Waals surface area (Å²) >= 11 is 0. The van der Waals surface area contributed by atoms with Crippen LogP contribution < -0.4 is 10.1 Å². The minimum Gasteiger partial charge on any atom is -0.485 e. The maximum absolute atomic E-state index is 13.7. The molecule has 0 aliphatic rings. The summed E-state index contributed by atoms with van der Waals surface area (Å²) in [5.41, 5.74) is 0.446. The summed E-state index contributed by atoms with van der Waals surface area (Å²) in [5.74, 6) is 0.0337. The number of benzene rings is 1. The Labute approximate surface area is 96.8 Å². The Bertz CT molecular complexity index is 357. The Morgan fingerprint density at radius 1 is 1.31 bits per heavy atom. The average molecular weight is 225 g/mol. The first-order chi connectivity index (χ1) is 7.35. The van der Waals surface area contributed by atoms with E-state index in [0.717, 1.165) is 5.56 Å². The summed E-state index contributed by atoms with van der Waals surface area (Å²) in [4.78, 5) is 0. The molecule has 0 heterocycles. The van der Waals surface area contributed by atoms with Crippen molar-refractivity contribution in [2.24, 2.45) is 0 Å². The van der Waals surface area contributed by atoms with E-state index < -0.39 is 5.60 Å². The molecule has 0 aliphatic carbocycles. The third-order valence-corrected chi connectivity index (χ3v) is 2.31. The first-order valence-electron chi connectivity index (χ1n) is 5.50. The molecule has 1 unspecified atom stereocenters. The lowest BCUT2D eigenvalue weighted by Crippen LogP contribution is -2.25. The molecule has 1 aromatic carbocycles. The minimum absolute atomic E-state index is 0.0630. The van der Waals surface area contributed by atoms with Crippen LogP contribution in [0.5, 0.6) is 5.75 Å². The second-order valence-electron chi connectivity index (χ2n) is 4.88. The lowest BCUT2D eigenvalue weighted by Gasteiger charge is -2.25. The molecule has 3 heteroatoms. The lowest BCUT2D eigenvalue weighted by atomic mass is 10.1. The molecular formula is C13H20FNO. The normalized spacial score (nSPS) is 13.6. The highest BCUT2D eigenvalue weighted by Gasteiger charge is 2.20. The fourth-order valence-electron chi connectivity index (χ4n) is 1.44. The molecule has 1 rings (SSSR count). The molecule has 0 aliphatic heterocycles. The first-order valence-corrected chi connectivity index (χ1v) is 5.50. The SMILES string of the molecule is CNC(C)c1cccc(F)c1OC(C)(C)C. The molecule has 0 spiro atoms. The van der Waals surface area contributed by atoms with Crippen molar-refractivity contribution in [3.8, 4) is 5.75 Å². The summed E-state index contributed by atoms with van der Waals surface area (Å²) in [6.45, 7) is 7.71. The molecule has 1 N–H and O–H groups in total. The van der Waals surface area contributed by atoms with Crippen molar-refractivity contribution in [2.45, 2.75) is 39.3 Å². The van der Waals surface area contributed by atoms with E-state index in [0.29, 0.717) is 5.75 Å². The van der Waals surface area contributed by atoms with Crippen LogP contribution in [-0.4, -0.2) is 12.6 Å². The monoisotopic (exact) mass is 225 g/mol. The van der Waals surface area contributed by atoms with Gasteiger partial charge in [-0.2, -0.15) is 0 Å². The van der Waals surface area contributed by atoms with E-state index in [1.807, 2.05) is 40.8 Å². The van der Waals surface area contributed by atoms with Crippen LogP contribution in [0, 0.1) is 5.82 Å². The number of hydrogen-bond donors (Lipinski definition) is 1. The third kappa shape index (κ3) is 3.20. The van der Waals surface area contributed by atoms with Gasteiger partial charge < -0.3 is 10.1 Å². The van der Waals surface area contributed by atoms with E-state index >= 15 is 0 Å². The standard InChI is InChI=1S/C13H20FNO/c1-9(15-5)10-7-6-8-11(14)12(10)16-13(2,3)4/h6-9,15H,1-5H3. The highest BCUT2D eigenvalue weighted by molar-refractivity contribution is 5.37. The number of ether oxygens (including phenoxy) is 1. The van der Waals surface area contributed by atoms with Gasteiger partial charge in [0.1, 0.15) is 5.60 Å². The largest absolute Gasteiger partial charge is 0.485 e. The van der Waals surface area contributed by atoms with Crippen LogP contribution in [-0.2, 0) is 0 Å². The van der Waals surface area contributed by atoms with Gasteiger partial charge in [-0.1, -0.05) is 12.1 Å². The Morgan fingerprint density at radius 3 is 2.44 bits per heavy atom. The van der Waals surface area contributed by atoms with Crippen molar-refractivity contribution in [1.29, 1.82) is 0 Å². The fraction of sp³-hybridized carbons (Fsp3) is 0.538. The van der Waals surface area contributed by atoms with Gasteiger partial charge in [0.2, 0.25) is 0 Å². The number of hydrogen-bond acceptors (Lipinski definition) is 2. The van der Waals surface area contributed by atoms with Gasteiger partial charge in [0.25, 0.3) is 0 Å². The molecule has 0 amide bonds. The molecule has 2 nitrogen and oxygen atoms in total. The van der Waals surface area contributed by atoms with Crippen molar-refractivity contribution < 1.29 is 9.13 Å². The second-order valence-corrected chi connectivity index (χ2v) is 4.88. The van der Waals surface area contributed by atoms with Crippen molar-refractivity contribution in [3.05, 3.63) is 29.6 Å². The number of para-hydroxylation sites is 1. The zero-order valence-corrected chi connectivity index (χ0v) is 10.6. The predicted molar refractivity (Wildman–Crippen MR) is 64.3 cm³/mol. The van der Waals surface area contributed by atoms with Gasteiger partial charge >= 0.3 is 0 Å². The number of rotatable bonds is 3. The smallest absolute Gasteiger partial charge is 0.165 e. The van der Waals surface area contributed by atoms with Gasteiger partial charge in [0, 0.05) is 11.6 Å². The molecule has 90 valence electrons. The van der Waals surface area contributed by atoms with E-state index in [-0.39, 0.29) is 11.9 Å². The van der Waals surface area contributed by atoms with E-state index in [1.165, 1.54) is 6.07 Å². The lowest BCUT2D eigenvalue weighted by molar-refractivity contribution is 0.122. The summed E-state index contributed by atoms with van der Waals surface area (Å²) in [7, 11) is 1.84.